The lowest BCUT2D eigenvalue weighted by molar-refractivity contribution is -0.144. The predicted molar refractivity (Wildman–Crippen MR) is 62.6 cm³/mol. The van der Waals surface area contributed by atoms with E-state index < -0.39 is 12.0 Å². The number of nitrogens with one attached hydrogen (secondary N) is 2. The molecule has 0 saturated heterocycles. The summed E-state index contributed by atoms with van der Waals surface area (Å²) in [6, 6.07) is 3.43. The Bertz CT molecular complexity index is 625. The number of fused-ring (bicyclic) bond motifs is 2. The van der Waals surface area contributed by atoms with Crippen LogP contribution in [0.25, 0.3) is 11.0 Å². The van der Waals surface area contributed by atoms with Crippen LogP contribution in [0.15, 0.2) is 12.1 Å². The van der Waals surface area contributed by atoms with Crippen molar-refractivity contribution >= 4 is 16.7 Å². The molecule has 1 aromatic carbocycles. The van der Waals surface area contributed by atoms with Gasteiger partial charge < -0.3 is 10.3 Å². The van der Waals surface area contributed by atoms with Gasteiger partial charge in [0.25, 0.3) is 0 Å². The minimum Gasteiger partial charge on any atom is -0.384 e. The summed E-state index contributed by atoms with van der Waals surface area (Å²) in [5.41, 5.74) is 2.58. The average Bonchev–Trinajstić information content (AvgIpc) is 2.77. The molecule has 3 nitrogen and oxygen atoms in total. The molecule has 0 atom stereocenters. The van der Waals surface area contributed by atoms with E-state index in [1.807, 2.05) is 0 Å². The maximum Gasteiger partial charge on any atom is 0.449 e. The summed E-state index contributed by atoms with van der Waals surface area (Å²) in [5.74, 6) is -0.945. The van der Waals surface area contributed by atoms with Crippen molar-refractivity contribution in [1.29, 1.82) is 0 Å². The van der Waals surface area contributed by atoms with Crippen molar-refractivity contribution < 1.29 is 13.2 Å². The van der Waals surface area contributed by atoms with Crippen LogP contribution in [0.5, 0.6) is 0 Å². The summed E-state index contributed by atoms with van der Waals surface area (Å²) in [6.45, 7) is 4.89. The molecule has 6 heteroatoms. The van der Waals surface area contributed by atoms with Crippen LogP contribution in [0.3, 0.4) is 0 Å². The third-order valence-electron chi connectivity index (χ3n) is 3.34. The third-order valence-corrected chi connectivity index (χ3v) is 3.34. The van der Waals surface area contributed by atoms with E-state index in [2.05, 4.69) is 29.1 Å². The summed E-state index contributed by atoms with van der Waals surface area (Å²) in [4.78, 5) is 5.93. The maximum atomic E-state index is 12.6. The Kier molecular flexibility index (Phi) is 2.01. The second-order valence-corrected chi connectivity index (χ2v) is 5.24. The van der Waals surface area contributed by atoms with Gasteiger partial charge in [0, 0.05) is 17.6 Å². The number of rotatable bonds is 0. The number of anilines is 1. The molecule has 0 radical (unpaired) electrons. The molecule has 1 aliphatic heterocycles. The van der Waals surface area contributed by atoms with Gasteiger partial charge in [0.2, 0.25) is 5.82 Å². The quantitative estimate of drug-likeness (QED) is 0.758. The molecule has 96 valence electrons. The molecule has 0 spiro atoms. The molecule has 2 N–H and O–H groups in total. The number of hydrogen-bond donors (Lipinski definition) is 2. The van der Waals surface area contributed by atoms with Gasteiger partial charge in [-0.05, 0) is 17.7 Å². The van der Waals surface area contributed by atoms with Crippen molar-refractivity contribution in [2.75, 3.05) is 11.9 Å². The predicted octanol–water partition coefficient (Wildman–Crippen LogP) is 3.28. The van der Waals surface area contributed by atoms with Gasteiger partial charge in [-0.25, -0.2) is 4.98 Å². The van der Waals surface area contributed by atoms with Crippen molar-refractivity contribution in [3.8, 4) is 0 Å². The summed E-state index contributed by atoms with van der Waals surface area (Å²) >= 11 is 0. The smallest absolute Gasteiger partial charge is 0.384 e. The number of imidazole rings is 1. The first kappa shape index (κ1) is 11.4. The van der Waals surface area contributed by atoms with Crippen molar-refractivity contribution in [3.05, 3.63) is 23.5 Å². The van der Waals surface area contributed by atoms with Crippen LogP contribution >= 0.6 is 0 Å². The fraction of sp³-hybridized carbons (Fsp3) is 0.417. The Morgan fingerprint density at radius 2 is 2.00 bits per heavy atom. The summed E-state index contributed by atoms with van der Waals surface area (Å²) in [5, 5.41) is 3.20. The van der Waals surface area contributed by atoms with E-state index in [0.29, 0.717) is 11.0 Å². The number of halogens is 3. The molecule has 18 heavy (non-hydrogen) atoms. The van der Waals surface area contributed by atoms with Gasteiger partial charge in [-0.15, -0.1) is 0 Å². The SMILES string of the molecule is CC1(C)CNc2cc3nc(C(F)(F)F)[nH]c3cc21. The molecular weight excluding hydrogens is 243 g/mol. The first-order chi connectivity index (χ1) is 8.27. The maximum absolute atomic E-state index is 12.6. The molecule has 2 aromatic rings. The lowest BCUT2D eigenvalue weighted by Gasteiger charge is -2.16. The summed E-state index contributed by atoms with van der Waals surface area (Å²) < 4.78 is 37.7. The number of H-pyrrole nitrogens is 1. The van der Waals surface area contributed by atoms with E-state index in [-0.39, 0.29) is 5.41 Å². The highest BCUT2D eigenvalue weighted by Crippen LogP contribution is 2.39. The Balaban J connectivity index is 2.21. The molecular formula is C12H12F3N3. The fourth-order valence-corrected chi connectivity index (χ4v) is 2.31. The molecule has 1 aromatic heterocycles. The van der Waals surface area contributed by atoms with E-state index in [9.17, 15) is 13.2 Å². The molecule has 0 fully saturated rings. The van der Waals surface area contributed by atoms with E-state index in [1.54, 1.807) is 12.1 Å². The van der Waals surface area contributed by atoms with Crippen LogP contribution in [0.4, 0.5) is 18.9 Å². The van der Waals surface area contributed by atoms with Crippen LogP contribution in [-0.4, -0.2) is 16.5 Å². The minimum atomic E-state index is -4.44. The molecule has 0 unspecified atom stereocenters. The topological polar surface area (TPSA) is 40.7 Å². The van der Waals surface area contributed by atoms with Gasteiger partial charge >= 0.3 is 6.18 Å². The molecule has 0 aliphatic carbocycles. The minimum absolute atomic E-state index is 0.0764. The lowest BCUT2D eigenvalue weighted by atomic mass is 9.87. The van der Waals surface area contributed by atoms with Crippen molar-refractivity contribution in [1.82, 2.24) is 9.97 Å². The third kappa shape index (κ3) is 1.55. The normalized spacial score (nSPS) is 17.8. The number of alkyl halides is 3. The van der Waals surface area contributed by atoms with E-state index in [4.69, 9.17) is 0 Å². The number of aromatic nitrogens is 2. The fourth-order valence-electron chi connectivity index (χ4n) is 2.31. The van der Waals surface area contributed by atoms with Crippen LogP contribution < -0.4 is 5.32 Å². The highest BCUT2D eigenvalue weighted by Gasteiger charge is 2.36. The van der Waals surface area contributed by atoms with Crippen LogP contribution in [0.2, 0.25) is 0 Å². The second-order valence-electron chi connectivity index (χ2n) is 5.24. The molecule has 0 amide bonds. The zero-order valence-corrected chi connectivity index (χ0v) is 9.94. The number of hydrogen-bond acceptors (Lipinski definition) is 2. The number of benzene rings is 1. The first-order valence-corrected chi connectivity index (χ1v) is 5.63. The number of aromatic amines is 1. The molecule has 0 saturated carbocycles. The van der Waals surface area contributed by atoms with Gasteiger partial charge in [0.15, 0.2) is 0 Å². The molecule has 1 aliphatic rings. The van der Waals surface area contributed by atoms with E-state index >= 15 is 0 Å². The van der Waals surface area contributed by atoms with Crippen LogP contribution in [-0.2, 0) is 11.6 Å². The van der Waals surface area contributed by atoms with Crippen LogP contribution in [0, 0.1) is 0 Å². The lowest BCUT2D eigenvalue weighted by Crippen LogP contribution is -2.18. The Hall–Kier alpha value is -1.72. The monoisotopic (exact) mass is 255 g/mol. The second kappa shape index (κ2) is 3.18. The van der Waals surface area contributed by atoms with Crippen LogP contribution in [0.1, 0.15) is 25.2 Å². The van der Waals surface area contributed by atoms with Crippen molar-refractivity contribution in [3.63, 3.8) is 0 Å². The van der Waals surface area contributed by atoms with E-state index in [0.717, 1.165) is 17.8 Å². The average molecular weight is 255 g/mol. The largest absolute Gasteiger partial charge is 0.449 e. The van der Waals surface area contributed by atoms with E-state index in [1.165, 1.54) is 0 Å². The standard InChI is InChI=1S/C12H12F3N3/c1-11(2)5-16-7-4-9-8(3-6(7)11)17-10(18-9)12(13,14)15/h3-4,16H,5H2,1-2H3,(H,17,18). The molecule has 0 bridgehead atoms. The highest BCUT2D eigenvalue weighted by molar-refractivity contribution is 5.83. The first-order valence-electron chi connectivity index (χ1n) is 5.63. The van der Waals surface area contributed by atoms with Gasteiger partial charge in [-0.1, -0.05) is 13.8 Å². The number of nitrogens with zero attached hydrogens (tertiary/aromatic N) is 1. The molecule has 3 rings (SSSR count). The summed E-state index contributed by atoms with van der Waals surface area (Å²) in [7, 11) is 0. The Morgan fingerprint density at radius 3 is 2.67 bits per heavy atom. The highest BCUT2D eigenvalue weighted by atomic mass is 19.4. The van der Waals surface area contributed by atoms with Gasteiger partial charge in [-0.3, -0.25) is 0 Å². The zero-order valence-electron chi connectivity index (χ0n) is 9.94. The van der Waals surface area contributed by atoms with Gasteiger partial charge in [0.05, 0.1) is 11.0 Å². The zero-order chi connectivity index (χ0) is 13.1. The van der Waals surface area contributed by atoms with Crippen molar-refractivity contribution in [2.45, 2.75) is 25.4 Å². The molecule has 2 heterocycles. The van der Waals surface area contributed by atoms with Crippen molar-refractivity contribution in [2.24, 2.45) is 0 Å². The Labute approximate surface area is 101 Å². The Morgan fingerprint density at radius 1 is 1.28 bits per heavy atom. The summed E-state index contributed by atoms with van der Waals surface area (Å²) in [6.07, 6.45) is -4.44. The van der Waals surface area contributed by atoms with Gasteiger partial charge in [-0.2, -0.15) is 13.2 Å². The van der Waals surface area contributed by atoms with Gasteiger partial charge in [0.1, 0.15) is 0 Å².